The highest BCUT2D eigenvalue weighted by atomic mass is 31.2. The summed E-state index contributed by atoms with van der Waals surface area (Å²) in [6.07, 6.45) is 41.6. The van der Waals surface area contributed by atoms with Gasteiger partial charge >= 0.3 is 39.5 Å². The summed E-state index contributed by atoms with van der Waals surface area (Å²) in [6, 6.07) is 0. The number of hydrogen-bond donors (Lipinski definition) is 3. The third-order valence-electron chi connectivity index (χ3n) is 15.9. The van der Waals surface area contributed by atoms with Gasteiger partial charge < -0.3 is 33.8 Å². The molecule has 0 aromatic rings. The molecule has 0 aromatic carbocycles. The van der Waals surface area contributed by atoms with Crippen LogP contribution in [0.3, 0.4) is 0 Å². The van der Waals surface area contributed by atoms with Crippen LogP contribution in [-0.4, -0.2) is 96.7 Å². The van der Waals surface area contributed by atoms with E-state index in [1.165, 1.54) is 141 Å². The van der Waals surface area contributed by atoms with Crippen LogP contribution in [0.25, 0.3) is 0 Å². The number of phosphoric acid groups is 2. The van der Waals surface area contributed by atoms with Crippen molar-refractivity contribution in [3.8, 4) is 0 Å². The summed E-state index contributed by atoms with van der Waals surface area (Å²) in [5.41, 5.74) is 0. The molecule has 0 spiro atoms. The minimum Gasteiger partial charge on any atom is -0.462 e. The maximum Gasteiger partial charge on any atom is 0.472 e. The summed E-state index contributed by atoms with van der Waals surface area (Å²) in [7, 11) is -9.89. The van der Waals surface area contributed by atoms with Gasteiger partial charge in [-0.1, -0.05) is 279 Å². The molecule has 0 fully saturated rings. The minimum atomic E-state index is -4.95. The lowest BCUT2D eigenvalue weighted by Gasteiger charge is -2.21. The smallest absolute Gasteiger partial charge is 0.462 e. The van der Waals surface area contributed by atoms with Crippen LogP contribution in [0.4, 0.5) is 0 Å². The van der Waals surface area contributed by atoms with Crippen LogP contribution in [0, 0.1) is 11.8 Å². The molecule has 0 aromatic heterocycles. The molecule has 85 heavy (non-hydrogen) atoms. The summed E-state index contributed by atoms with van der Waals surface area (Å²) >= 11 is 0. The molecule has 3 N–H and O–H groups in total. The fourth-order valence-corrected chi connectivity index (χ4v) is 11.4. The van der Waals surface area contributed by atoms with Crippen molar-refractivity contribution in [3.63, 3.8) is 0 Å². The maximum atomic E-state index is 13.0. The van der Waals surface area contributed by atoms with Gasteiger partial charge in [0.2, 0.25) is 0 Å². The average molecular weight is 1260 g/mol. The van der Waals surface area contributed by atoms with Gasteiger partial charge in [-0.2, -0.15) is 0 Å². The molecule has 4 unspecified atom stereocenters. The lowest BCUT2D eigenvalue weighted by molar-refractivity contribution is -0.161. The number of esters is 4. The van der Waals surface area contributed by atoms with Gasteiger partial charge in [-0.3, -0.25) is 37.3 Å². The molecular weight excluding hydrogens is 1130 g/mol. The highest BCUT2D eigenvalue weighted by Crippen LogP contribution is 2.45. The van der Waals surface area contributed by atoms with E-state index in [9.17, 15) is 43.2 Å². The second-order valence-electron chi connectivity index (χ2n) is 24.3. The zero-order valence-corrected chi connectivity index (χ0v) is 56.7. The summed E-state index contributed by atoms with van der Waals surface area (Å²) in [5.74, 6) is -0.611. The monoisotopic (exact) mass is 1250 g/mol. The van der Waals surface area contributed by atoms with E-state index >= 15 is 0 Å². The summed E-state index contributed by atoms with van der Waals surface area (Å²) in [4.78, 5) is 72.3. The van der Waals surface area contributed by atoms with Gasteiger partial charge in [0.1, 0.15) is 19.3 Å². The number of aliphatic hydroxyl groups excluding tert-OH is 1. The molecule has 0 aliphatic rings. The Bertz CT molecular complexity index is 1670. The van der Waals surface area contributed by atoms with Gasteiger partial charge in [0.15, 0.2) is 12.2 Å². The first-order chi connectivity index (χ1) is 40.9. The van der Waals surface area contributed by atoms with Gasteiger partial charge in [-0.25, -0.2) is 9.13 Å². The Morgan fingerprint density at radius 2 is 0.565 bits per heavy atom. The van der Waals surface area contributed by atoms with E-state index < -0.39 is 97.5 Å². The molecule has 0 radical (unpaired) electrons. The molecule has 17 nitrogen and oxygen atoms in total. The number of phosphoric ester groups is 2. The summed E-state index contributed by atoms with van der Waals surface area (Å²) < 4.78 is 68.0. The number of rotatable bonds is 65. The van der Waals surface area contributed by atoms with Crippen molar-refractivity contribution in [1.82, 2.24) is 0 Å². The Kier molecular flexibility index (Phi) is 57.1. The van der Waals surface area contributed by atoms with Crippen molar-refractivity contribution in [3.05, 3.63) is 0 Å². The molecule has 0 amide bonds. The van der Waals surface area contributed by atoms with E-state index in [0.717, 1.165) is 108 Å². The molecule has 0 aliphatic heterocycles. The van der Waals surface area contributed by atoms with Gasteiger partial charge in [0, 0.05) is 25.7 Å². The van der Waals surface area contributed by atoms with Crippen molar-refractivity contribution in [2.24, 2.45) is 11.8 Å². The number of ether oxygens (including phenoxy) is 4. The van der Waals surface area contributed by atoms with E-state index in [4.69, 9.17) is 37.0 Å². The van der Waals surface area contributed by atoms with Crippen molar-refractivity contribution in [2.75, 3.05) is 39.6 Å². The van der Waals surface area contributed by atoms with Crippen LogP contribution in [-0.2, 0) is 65.4 Å². The van der Waals surface area contributed by atoms with Crippen LogP contribution in [0.5, 0.6) is 0 Å². The van der Waals surface area contributed by atoms with Gasteiger partial charge in [-0.05, 0) is 37.5 Å². The molecule has 19 heteroatoms. The number of carbonyl (C=O) groups excluding carboxylic acids is 4. The van der Waals surface area contributed by atoms with Crippen molar-refractivity contribution in [1.29, 1.82) is 0 Å². The Morgan fingerprint density at radius 3 is 0.835 bits per heavy atom. The Balaban J connectivity index is 5.24. The minimum absolute atomic E-state index is 0.103. The Morgan fingerprint density at radius 1 is 0.329 bits per heavy atom. The second-order valence-corrected chi connectivity index (χ2v) is 27.2. The summed E-state index contributed by atoms with van der Waals surface area (Å²) in [5, 5.41) is 10.5. The maximum absolute atomic E-state index is 13.0. The van der Waals surface area contributed by atoms with Crippen LogP contribution >= 0.6 is 15.6 Å². The first-order valence-corrected chi connectivity index (χ1v) is 37.6. The number of aliphatic hydroxyl groups is 1. The number of unbranched alkanes of at least 4 members (excludes halogenated alkanes) is 33. The van der Waals surface area contributed by atoms with E-state index in [-0.39, 0.29) is 25.7 Å². The lowest BCUT2D eigenvalue weighted by Crippen LogP contribution is -2.30. The van der Waals surface area contributed by atoms with Gasteiger partial charge in [0.05, 0.1) is 26.4 Å². The number of carbonyl (C=O) groups is 4. The normalized spacial score (nSPS) is 14.9. The van der Waals surface area contributed by atoms with E-state index in [1.54, 1.807) is 0 Å². The molecule has 0 saturated carbocycles. The lowest BCUT2D eigenvalue weighted by atomic mass is 9.99. The molecule has 0 aliphatic carbocycles. The predicted molar refractivity (Wildman–Crippen MR) is 340 cm³/mol. The quantitative estimate of drug-likeness (QED) is 0.0222. The van der Waals surface area contributed by atoms with E-state index in [1.807, 2.05) is 0 Å². The Labute approximate surface area is 517 Å². The summed E-state index contributed by atoms with van der Waals surface area (Å²) in [6.45, 7) is 9.47. The Hall–Kier alpha value is -1.94. The molecule has 0 rings (SSSR count). The van der Waals surface area contributed by atoms with E-state index in [0.29, 0.717) is 25.7 Å². The van der Waals surface area contributed by atoms with Crippen molar-refractivity contribution < 1.29 is 80.2 Å². The average Bonchev–Trinajstić information content (AvgIpc) is 3.55. The highest BCUT2D eigenvalue weighted by molar-refractivity contribution is 7.47. The zero-order chi connectivity index (χ0) is 62.9. The van der Waals surface area contributed by atoms with E-state index in [2.05, 4.69) is 41.5 Å². The van der Waals surface area contributed by atoms with Gasteiger partial charge in [0.25, 0.3) is 0 Å². The second kappa shape index (κ2) is 58.4. The largest absolute Gasteiger partial charge is 0.472 e. The van der Waals surface area contributed by atoms with Crippen molar-refractivity contribution >= 4 is 39.5 Å². The topological polar surface area (TPSA) is 237 Å². The molecule has 504 valence electrons. The van der Waals surface area contributed by atoms with Crippen molar-refractivity contribution in [2.45, 2.75) is 349 Å². The third kappa shape index (κ3) is 58.2. The molecule has 7 atom stereocenters. The number of hydrogen-bond acceptors (Lipinski definition) is 15. The standard InChI is InChI=1S/C66H128O17P2/c1-7-11-13-15-17-19-20-21-22-26-30-37-43-49-64(69)77-54-61(82-65(70)50-44-38-31-27-24-23-25-28-34-40-46-58(5)9-3)56-80-84(72,73)78-52-60(67)53-79-85(74,75)81-57-62(55-76-63(68)48-42-36-29-18-16-14-12-8-2)83-66(71)51-45-39-33-32-35-41-47-59(6)10-4/h58-62,67H,7-57H2,1-6H3,(H,72,73)(H,74,75)/t58?,59?,60-,61-,62-/m1/s1. The first-order valence-electron chi connectivity index (χ1n) is 34.6. The van der Waals surface area contributed by atoms with Crippen LogP contribution in [0.1, 0.15) is 330 Å². The first kappa shape index (κ1) is 83.1. The highest BCUT2D eigenvalue weighted by Gasteiger charge is 2.30. The zero-order valence-electron chi connectivity index (χ0n) is 54.9. The fraction of sp³-hybridized carbons (Fsp3) is 0.939. The van der Waals surface area contributed by atoms with Crippen LogP contribution in [0.15, 0.2) is 0 Å². The van der Waals surface area contributed by atoms with Gasteiger partial charge in [-0.15, -0.1) is 0 Å². The SMILES string of the molecule is CCCCCCCCCCCCCCCC(=O)OC[C@H](COP(=O)(O)OC[C@@H](O)COP(=O)(O)OC[C@@H](COC(=O)CCCCCCCCCC)OC(=O)CCCCCCCCC(C)CC)OC(=O)CCCCCCCCCCCCC(C)CC. The van der Waals surface area contributed by atoms with Crippen LogP contribution < -0.4 is 0 Å². The molecular formula is C66H128O17P2. The fourth-order valence-electron chi connectivity index (χ4n) is 9.82. The molecule has 0 saturated heterocycles. The molecule has 0 bridgehead atoms. The molecule has 0 heterocycles. The predicted octanol–water partition coefficient (Wildman–Crippen LogP) is 18.4. The third-order valence-corrected chi connectivity index (χ3v) is 17.8. The van der Waals surface area contributed by atoms with Crippen LogP contribution in [0.2, 0.25) is 0 Å².